The molecule has 0 aliphatic rings. The van der Waals surface area contributed by atoms with Crippen LogP contribution in [0.5, 0.6) is 11.5 Å². The molecule has 0 aliphatic carbocycles. The van der Waals surface area contributed by atoms with E-state index in [4.69, 9.17) is 21.1 Å². The Balaban J connectivity index is 2.03. The lowest BCUT2D eigenvalue weighted by Gasteiger charge is -2.17. The van der Waals surface area contributed by atoms with E-state index in [1.165, 1.54) is 18.9 Å². The lowest BCUT2D eigenvalue weighted by atomic mass is 10.1. The summed E-state index contributed by atoms with van der Waals surface area (Å²) in [5, 5.41) is 20.3. The zero-order chi connectivity index (χ0) is 21.0. The van der Waals surface area contributed by atoms with Crippen LogP contribution in [-0.4, -0.2) is 40.5 Å². The second kappa shape index (κ2) is 9.15. The zero-order valence-electron chi connectivity index (χ0n) is 16.0. The quantitative estimate of drug-likeness (QED) is 0.295. The van der Waals surface area contributed by atoms with Crippen molar-refractivity contribution in [1.82, 2.24) is 14.8 Å². The van der Waals surface area contributed by atoms with E-state index < -0.39 is 5.25 Å². The van der Waals surface area contributed by atoms with E-state index >= 15 is 0 Å². The summed E-state index contributed by atoms with van der Waals surface area (Å²) >= 11 is 7.23. The van der Waals surface area contributed by atoms with Gasteiger partial charge < -0.3 is 9.47 Å². The van der Waals surface area contributed by atoms with Crippen LogP contribution in [0.25, 0.3) is 5.69 Å². The van der Waals surface area contributed by atoms with Gasteiger partial charge in [-0.15, -0.1) is 10.2 Å². The molecular formula is C19H19ClN4O4S. The van der Waals surface area contributed by atoms with Crippen LogP contribution in [0, 0.1) is 17.0 Å². The molecule has 152 valence electrons. The second-order valence-electron chi connectivity index (χ2n) is 6.07. The van der Waals surface area contributed by atoms with Gasteiger partial charge >= 0.3 is 0 Å². The SMILES string of the molecule is COc1ccc(OC)c([C@H](C[N+](=O)[O-])Sc2nnc(C)n2-c2ccc(Cl)cc2)c1. The van der Waals surface area contributed by atoms with Gasteiger partial charge in [0.2, 0.25) is 6.54 Å². The average Bonchev–Trinajstić information content (AvgIpc) is 3.07. The highest BCUT2D eigenvalue weighted by Crippen LogP contribution is 2.41. The van der Waals surface area contributed by atoms with Crippen LogP contribution in [0.1, 0.15) is 16.6 Å². The number of aromatic nitrogens is 3. The van der Waals surface area contributed by atoms with Crippen LogP contribution in [0.15, 0.2) is 47.6 Å². The van der Waals surface area contributed by atoms with E-state index in [9.17, 15) is 10.1 Å². The summed E-state index contributed by atoms with van der Waals surface area (Å²) in [4.78, 5) is 11.0. The van der Waals surface area contributed by atoms with Crippen LogP contribution in [-0.2, 0) is 0 Å². The minimum absolute atomic E-state index is 0.319. The van der Waals surface area contributed by atoms with Gasteiger partial charge in [0.05, 0.1) is 14.2 Å². The van der Waals surface area contributed by atoms with Gasteiger partial charge in [-0.25, -0.2) is 0 Å². The summed E-state index contributed by atoms with van der Waals surface area (Å²) in [6, 6.07) is 12.5. The summed E-state index contributed by atoms with van der Waals surface area (Å²) in [5.41, 5.74) is 1.47. The highest BCUT2D eigenvalue weighted by molar-refractivity contribution is 7.99. The van der Waals surface area contributed by atoms with Crippen molar-refractivity contribution in [2.45, 2.75) is 17.3 Å². The fourth-order valence-electron chi connectivity index (χ4n) is 2.86. The fraction of sp³-hybridized carbons (Fsp3) is 0.263. The number of rotatable bonds is 8. The fourth-order valence-corrected chi connectivity index (χ4v) is 4.18. The maximum atomic E-state index is 11.4. The zero-order valence-corrected chi connectivity index (χ0v) is 17.6. The Labute approximate surface area is 177 Å². The normalized spacial score (nSPS) is 11.9. The van der Waals surface area contributed by atoms with Gasteiger partial charge in [0.25, 0.3) is 0 Å². The molecule has 2 aromatic carbocycles. The highest BCUT2D eigenvalue weighted by atomic mass is 35.5. The molecule has 8 nitrogen and oxygen atoms in total. The molecule has 29 heavy (non-hydrogen) atoms. The number of aryl methyl sites for hydroxylation is 1. The Morgan fingerprint density at radius 2 is 1.90 bits per heavy atom. The maximum absolute atomic E-state index is 11.4. The average molecular weight is 435 g/mol. The number of hydrogen-bond donors (Lipinski definition) is 0. The number of hydrogen-bond acceptors (Lipinski definition) is 7. The smallest absolute Gasteiger partial charge is 0.220 e. The molecule has 0 fully saturated rings. The van der Waals surface area contributed by atoms with Crippen molar-refractivity contribution >= 4 is 23.4 Å². The number of halogens is 1. The molecule has 0 saturated carbocycles. The van der Waals surface area contributed by atoms with Crippen molar-refractivity contribution in [3.63, 3.8) is 0 Å². The Morgan fingerprint density at radius 3 is 2.52 bits per heavy atom. The lowest BCUT2D eigenvalue weighted by Crippen LogP contribution is -2.12. The summed E-state index contributed by atoms with van der Waals surface area (Å²) < 4.78 is 12.6. The van der Waals surface area contributed by atoms with E-state index in [0.717, 1.165) is 5.69 Å². The predicted molar refractivity (Wildman–Crippen MR) is 111 cm³/mol. The van der Waals surface area contributed by atoms with E-state index in [1.54, 1.807) is 37.4 Å². The van der Waals surface area contributed by atoms with Crippen LogP contribution in [0.4, 0.5) is 0 Å². The Bertz CT molecular complexity index is 1010. The lowest BCUT2D eigenvalue weighted by molar-refractivity contribution is -0.479. The highest BCUT2D eigenvalue weighted by Gasteiger charge is 2.27. The first-order chi connectivity index (χ1) is 13.9. The molecule has 0 spiro atoms. The molecule has 0 bridgehead atoms. The predicted octanol–water partition coefficient (Wildman–Crippen LogP) is 4.36. The van der Waals surface area contributed by atoms with Crippen molar-refractivity contribution in [3.8, 4) is 17.2 Å². The molecule has 3 aromatic rings. The van der Waals surface area contributed by atoms with Crippen molar-refractivity contribution in [3.05, 3.63) is 69.0 Å². The monoisotopic (exact) mass is 434 g/mol. The molecule has 0 amide bonds. The third kappa shape index (κ3) is 4.80. The summed E-state index contributed by atoms with van der Waals surface area (Å²) in [5.74, 6) is 1.79. The molecule has 3 rings (SSSR count). The third-order valence-corrected chi connectivity index (χ3v) is 5.64. The number of methoxy groups -OCH3 is 2. The molecule has 0 N–H and O–H groups in total. The Morgan fingerprint density at radius 1 is 1.17 bits per heavy atom. The summed E-state index contributed by atoms with van der Waals surface area (Å²) in [6.07, 6.45) is 0. The molecule has 1 aromatic heterocycles. The summed E-state index contributed by atoms with van der Waals surface area (Å²) in [6.45, 7) is 1.50. The third-order valence-electron chi connectivity index (χ3n) is 4.23. The largest absolute Gasteiger partial charge is 0.497 e. The standard InChI is InChI=1S/C19H19ClN4O4S/c1-12-21-22-19(24(12)14-6-4-13(20)5-7-14)29-18(11-23(25)26)16-10-15(27-2)8-9-17(16)28-3/h4-10,18H,11H2,1-3H3/t18-/m0/s1. The van der Waals surface area contributed by atoms with E-state index in [1.807, 2.05) is 23.6 Å². The van der Waals surface area contributed by atoms with Gasteiger partial charge in [-0.3, -0.25) is 14.7 Å². The van der Waals surface area contributed by atoms with Gasteiger partial charge in [-0.1, -0.05) is 23.4 Å². The van der Waals surface area contributed by atoms with Gasteiger partial charge in [-0.05, 0) is 49.4 Å². The number of benzene rings is 2. The Kier molecular flexibility index (Phi) is 6.60. The van der Waals surface area contributed by atoms with E-state index in [0.29, 0.717) is 33.1 Å². The minimum Gasteiger partial charge on any atom is -0.497 e. The van der Waals surface area contributed by atoms with Crippen LogP contribution < -0.4 is 9.47 Å². The van der Waals surface area contributed by atoms with Crippen molar-refractivity contribution in [2.75, 3.05) is 20.8 Å². The van der Waals surface area contributed by atoms with Crippen LogP contribution in [0.3, 0.4) is 0 Å². The molecule has 0 saturated heterocycles. The summed E-state index contributed by atoms with van der Waals surface area (Å²) in [7, 11) is 3.07. The van der Waals surface area contributed by atoms with Gasteiger partial charge in [0.15, 0.2) is 5.16 Å². The molecule has 1 atom stereocenters. The minimum atomic E-state index is -0.565. The Hall–Kier alpha value is -2.78. The topological polar surface area (TPSA) is 92.3 Å². The molecule has 0 radical (unpaired) electrons. The van der Waals surface area contributed by atoms with E-state index in [-0.39, 0.29) is 11.5 Å². The van der Waals surface area contributed by atoms with Crippen LogP contribution in [0.2, 0.25) is 5.02 Å². The van der Waals surface area contributed by atoms with Crippen molar-refractivity contribution < 1.29 is 14.4 Å². The molecule has 0 aliphatic heterocycles. The number of thioether (sulfide) groups is 1. The first kappa shape index (κ1) is 20.9. The maximum Gasteiger partial charge on any atom is 0.220 e. The van der Waals surface area contributed by atoms with Gasteiger partial charge in [0.1, 0.15) is 22.6 Å². The van der Waals surface area contributed by atoms with Crippen molar-refractivity contribution in [1.29, 1.82) is 0 Å². The molecule has 10 heteroatoms. The first-order valence-corrected chi connectivity index (χ1v) is 9.87. The number of nitrogens with zero attached hydrogens (tertiary/aromatic N) is 4. The van der Waals surface area contributed by atoms with E-state index in [2.05, 4.69) is 10.2 Å². The van der Waals surface area contributed by atoms with Gasteiger partial charge in [0, 0.05) is 21.2 Å². The van der Waals surface area contributed by atoms with Gasteiger partial charge in [-0.2, -0.15) is 0 Å². The van der Waals surface area contributed by atoms with Crippen LogP contribution >= 0.6 is 23.4 Å². The number of nitro groups is 1. The second-order valence-corrected chi connectivity index (χ2v) is 7.68. The number of ether oxygens (including phenoxy) is 2. The van der Waals surface area contributed by atoms with Crippen molar-refractivity contribution in [2.24, 2.45) is 0 Å². The molecule has 0 unspecified atom stereocenters. The molecule has 1 heterocycles. The molecular weight excluding hydrogens is 416 g/mol. The first-order valence-electron chi connectivity index (χ1n) is 8.61.